The van der Waals surface area contributed by atoms with Crippen LogP contribution >= 0.6 is 24.0 Å². The van der Waals surface area contributed by atoms with Crippen LogP contribution in [-0.2, 0) is 0 Å². The number of hydrogen-bond acceptors (Lipinski definition) is 4. The van der Waals surface area contributed by atoms with E-state index in [1.807, 2.05) is 38.4 Å². The predicted molar refractivity (Wildman–Crippen MR) is 70.4 cm³/mol. The maximum atomic E-state index is 5.07. The SMILES string of the molecule is CSC(=S)N(C)/N=C\c1cccc(C)n1. The van der Waals surface area contributed by atoms with Gasteiger partial charge in [-0.25, -0.2) is 0 Å². The molecule has 1 heterocycles. The molecule has 0 spiro atoms. The van der Waals surface area contributed by atoms with Crippen LogP contribution in [0.5, 0.6) is 0 Å². The molecule has 3 nitrogen and oxygen atoms in total. The van der Waals surface area contributed by atoms with Gasteiger partial charge in [-0.1, -0.05) is 30.0 Å². The van der Waals surface area contributed by atoms with Gasteiger partial charge in [0.1, 0.15) is 0 Å². The Morgan fingerprint density at radius 2 is 2.33 bits per heavy atom. The number of aryl methyl sites for hydroxylation is 1. The Bertz CT molecular complexity index is 377. The summed E-state index contributed by atoms with van der Waals surface area (Å²) in [6.07, 6.45) is 3.63. The minimum atomic E-state index is 0.735. The lowest BCUT2D eigenvalue weighted by atomic mass is 10.3. The summed E-state index contributed by atoms with van der Waals surface area (Å²) in [6, 6.07) is 5.82. The molecule has 0 aliphatic carbocycles. The summed E-state index contributed by atoms with van der Waals surface area (Å²) in [5.41, 5.74) is 1.82. The number of pyridine rings is 1. The first kappa shape index (κ1) is 12.1. The number of hydrogen-bond donors (Lipinski definition) is 0. The summed E-state index contributed by atoms with van der Waals surface area (Å²) in [6.45, 7) is 1.95. The van der Waals surface area contributed by atoms with Crippen molar-refractivity contribution >= 4 is 34.5 Å². The van der Waals surface area contributed by atoms with Gasteiger partial charge < -0.3 is 0 Å². The average Bonchev–Trinajstić information content (AvgIpc) is 2.25. The van der Waals surface area contributed by atoms with E-state index in [2.05, 4.69) is 10.1 Å². The number of hydrazone groups is 1. The quantitative estimate of drug-likeness (QED) is 0.450. The molecule has 0 saturated carbocycles. The molecule has 0 aliphatic rings. The summed E-state index contributed by atoms with van der Waals surface area (Å²) in [5, 5.41) is 5.85. The fourth-order valence-corrected chi connectivity index (χ4v) is 1.32. The zero-order chi connectivity index (χ0) is 11.3. The van der Waals surface area contributed by atoms with Crippen LogP contribution in [0.3, 0.4) is 0 Å². The molecule has 0 aliphatic heterocycles. The predicted octanol–water partition coefficient (Wildman–Crippen LogP) is 2.30. The molecule has 0 fully saturated rings. The van der Waals surface area contributed by atoms with Gasteiger partial charge in [-0.3, -0.25) is 9.99 Å². The molecule has 0 bridgehead atoms. The second kappa shape index (κ2) is 5.82. The van der Waals surface area contributed by atoms with Crippen LogP contribution in [-0.4, -0.2) is 33.8 Å². The van der Waals surface area contributed by atoms with E-state index in [4.69, 9.17) is 12.2 Å². The van der Waals surface area contributed by atoms with E-state index in [9.17, 15) is 0 Å². The van der Waals surface area contributed by atoms with Crippen LogP contribution in [0.15, 0.2) is 23.3 Å². The number of thiocarbonyl (C=S) groups is 1. The lowest BCUT2D eigenvalue weighted by Gasteiger charge is -2.10. The highest BCUT2D eigenvalue weighted by molar-refractivity contribution is 8.22. The summed E-state index contributed by atoms with van der Waals surface area (Å²) < 4.78 is 0.735. The summed E-state index contributed by atoms with van der Waals surface area (Å²) in [5.74, 6) is 0. The molecule has 0 saturated heterocycles. The maximum absolute atomic E-state index is 5.07. The van der Waals surface area contributed by atoms with Crippen LogP contribution in [0.1, 0.15) is 11.4 Å². The molecule has 0 N–H and O–H groups in total. The Morgan fingerprint density at radius 3 is 2.93 bits per heavy atom. The van der Waals surface area contributed by atoms with E-state index >= 15 is 0 Å². The van der Waals surface area contributed by atoms with E-state index < -0.39 is 0 Å². The first-order chi connectivity index (χ1) is 7.13. The topological polar surface area (TPSA) is 28.5 Å². The highest BCUT2D eigenvalue weighted by Crippen LogP contribution is 2.03. The molecule has 5 heteroatoms. The van der Waals surface area contributed by atoms with E-state index in [-0.39, 0.29) is 0 Å². The van der Waals surface area contributed by atoms with Gasteiger partial charge in [0.2, 0.25) is 0 Å². The van der Waals surface area contributed by atoms with E-state index in [1.165, 1.54) is 11.8 Å². The minimum absolute atomic E-state index is 0.735. The monoisotopic (exact) mass is 239 g/mol. The Kier molecular flexibility index (Phi) is 4.71. The van der Waals surface area contributed by atoms with Gasteiger partial charge in [-0.15, -0.1) is 0 Å². The van der Waals surface area contributed by atoms with Crippen molar-refractivity contribution in [3.63, 3.8) is 0 Å². The van der Waals surface area contributed by atoms with Crippen LogP contribution in [0, 0.1) is 6.92 Å². The summed E-state index contributed by atoms with van der Waals surface area (Å²) in [4.78, 5) is 4.30. The van der Waals surface area contributed by atoms with E-state index in [0.717, 1.165) is 15.7 Å². The summed E-state index contributed by atoms with van der Waals surface area (Å²) >= 11 is 6.57. The first-order valence-electron chi connectivity index (χ1n) is 4.43. The average molecular weight is 239 g/mol. The summed E-state index contributed by atoms with van der Waals surface area (Å²) in [7, 11) is 1.82. The van der Waals surface area contributed by atoms with Crippen molar-refractivity contribution in [3.8, 4) is 0 Å². The number of rotatable bonds is 2. The Labute approximate surface area is 99.6 Å². The van der Waals surface area contributed by atoms with Crippen molar-refractivity contribution in [1.82, 2.24) is 9.99 Å². The van der Waals surface area contributed by atoms with Crippen molar-refractivity contribution in [1.29, 1.82) is 0 Å². The van der Waals surface area contributed by atoms with Gasteiger partial charge in [0.05, 0.1) is 11.9 Å². The van der Waals surface area contributed by atoms with Crippen LogP contribution in [0.2, 0.25) is 0 Å². The number of thioether (sulfide) groups is 1. The molecular formula is C10H13N3S2. The fraction of sp³-hybridized carbons (Fsp3) is 0.300. The number of aromatic nitrogens is 1. The highest BCUT2D eigenvalue weighted by Gasteiger charge is 1.98. The van der Waals surface area contributed by atoms with Gasteiger partial charge in [0, 0.05) is 12.7 Å². The second-order valence-corrected chi connectivity index (χ2v) is 4.38. The second-order valence-electron chi connectivity index (χ2n) is 2.94. The van der Waals surface area contributed by atoms with Gasteiger partial charge in [0.25, 0.3) is 0 Å². The molecule has 0 unspecified atom stereocenters. The fourth-order valence-electron chi connectivity index (χ4n) is 0.961. The lowest BCUT2D eigenvalue weighted by Crippen LogP contribution is -2.15. The van der Waals surface area contributed by atoms with Crippen LogP contribution in [0.4, 0.5) is 0 Å². The van der Waals surface area contributed by atoms with E-state index in [1.54, 1.807) is 11.2 Å². The van der Waals surface area contributed by atoms with Gasteiger partial charge in [-0.2, -0.15) is 5.10 Å². The highest BCUT2D eigenvalue weighted by atomic mass is 32.2. The zero-order valence-corrected chi connectivity index (χ0v) is 10.6. The standard InChI is InChI=1S/C10H13N3S2/c1-8-5-4-6-9(12-8)7-11-13(2)10(14)15-3/h4-7H,1-3H3/b11-7-. The van der Waals surface area contributed by atoms with Crippen LogP contribution < -0.4 is 0 Å². The lowest BCUT2D eigenvalue weighted by molar-refractivity contribution is 0.568. The third-order valence-corrected chi connectivity index (χ3v) is 3.09. The van der Waals surface area contributed by atoms with Gasteiger partial charge >= 0.3 is 0 Å². The van der Waals surface area contributed by atoms with Gasteiger partial charge in [-0.05, 0) is 25.3 Å². The van der Waals surface area contributed by atoms with E-state index in [0.29, 0.717) is 0 Å². The van der Waals surface area contributed by atoms with Crippen molar-refractivity contribution in [2.24, 2.45) is 5.10 Å². The Morgan fingerprint density at radius 1 is 1.60 bits per heavy atom. The third kappa shape index (κ3) is 3.97. The molecule has 1 rings (SSSR count). The zero-order valence-electron chi connectivity index (χ0n) is 8.97. The van der Waals surface area contributed by atoms with Gasteiger partial charge in [0.15, 0.2) is 4.32 Å². The van der Waals surface area contributed by atoms with Crippen molar-refractivity contribution < 1.29 is 0 Å². The first-order valence-corrected chi connectivity index (χ1v) is 6.06. The van der Waals surface area contributed by atoms with Crippen LogP contribution in [0.25, 0.3) is 0 Å². The van der Waals surface area contributed by atoms with Crippen molar-refractivity contribution in [2.75, 3.05) is 13.3 Å². The molecule has 1 aromatic rings. The van der Waals surface area contributed by atoms with Crippen molar-refractivity contribution in [2.45, 2.75) is 6.92 Å². The molecule has 15 heavy (non-hydrogen) atoms. The largest absolute Gasteiger partial charge is 0.252 e. The normalized spacial score (nSPS) is 10.6. The molecule has 80 valence electrons. The molecular weight excluding hydrogens is 226 g/mol. The number of nitrogens with zero attached hydrogens (tertiary/aromatic N) is 3. The molecule has 0 radical (unpaired) electrons. The third-order valence-electron chi connectivity index (χ3n) is 1.71. The Hall–Kier alpha value is -0.940. The van der Waals surface area contributed by atoms with Crippen molar-refractivity contribution in [3.05, 3.63) is 29.6 Å². The minimum Gasteiger partial charge on any atom is -0.252 e. The molecule has 0 amide bonds. The maximum Gasteiger partial charge on any atom is 0.156 e. The molecule has 0 aromatic carbocycles. The smallest absolute Gasteiger partial charge is 0.156 e. The Balaban J connectivity index is 2.69. The molecule has 1 aromatic heterocycles. The molecule has 0 atom stereocenters.